The topological polar surface area (TPSA) is 57.4 Å². The van der Waals surface area contributed by atoms with Crippen molar-refractivity contribution in [2.45, 2.75) is 0 Å². The second-order valence-corrected chi connectivity index (χ2v) is 11.9. The van der Waals surface area contributed by atoms with E-state index in [0.717, 1.165) is 66.5 Å². The van der Waals surface area contributed by atoms with E-state index in [1.165, 1.54) is 10.8 Å². The molecule has 0 N–H and O–H groups in total. The Hall–Kier alpha value is -6.88. The van der Waals surface area contributed by atoms with Crippen LogP contribution in [0.3, 0.4) is 0 Å². The molecule has 0 atom stereocenters. The zero-order chi connectivity index (χ0) is 32.2. The molecule has 7 aromatic carbocycles. The summed E-state index contributed by atoms with van der Waals surface area (Å²) in [6.45, 7) is 0. The van der Waals surface area contributed by atoms with Gasteiger partial charge in [-0.1, -0.05) is 109 Å². The van der Waals surface area contributed by atoms with Crippen LogP contribution in [0.25, 0.3) is 77.2 Å². The van der Waals surface area contributed by atoms with Gasteiger partial charge in [-0.05, 0) is 59.7 Å². The SMILES string of the molecule is N#Cc1ccc(-n2c3ccccc3c3ccccc32)c(-c2ccccc2-c2cccc(-n3c4ccccc4c4ccccc43)c2C#N)c1. The lowest BCUT2D eigenvalue weighted by atomic mass is 9.90. The number of rotatable bonds is 4. The smallest absolute Gasteiger partial charge is 0.102 e. The number of hydrogen-bond donors (Lipinski definition) is 0. The number of hydrogen-bond acceptors (Lipinski definition) is 2. The Balaban J connectivity index is 1.33. The number of para-hydroxylation sites is 4. The Kier molecular flexibility index (Phi) is 6.22. The molecule has 0 aliphatic carbocycles. The summed E-state index contributed by atoms with van der Waals surface area (Å²) in [5, 5.41) is 25.6. The van der Waals surface area contributed by atoms with Crippen LogP contribution in [0.15, 0.2) is 158 Å². The van der Waals surface area contributed by atoms with Crippen LogP contribution < -0.4 is 0 Å². The monoisotopic (exact) mass is 610 g/mol. The van der Waals surface area contributed by atoms with E-state index in [1.54, 1.807) is 0 Å². The highest BCUT2D eigenvalue weighted by Gasteiger charge is 2.21. The molecular weight excluding hydrogens is 585 g/mol. The molecule has 0 saturated carbocycles. The summed E-state index contributed by atoms with van der Waals surface area (Å²) < 4.78 is 4.49. The van der Waals surface area contributed by atoms with Crippen molar-refractivity contribution in [3.63, 3.8) is 0 Å². The molecule has 0 bridgehead atoms. The first-order valence-corrected chi connectivity index (χ1v) is 15.9. The summed E-state index contributed by atoms with van der Waals surface area (Å²) in [5.74, 6) is 0. The first kappa shape index (κ1) is 27.4. The number of fused-ring (bicyclic) bond motifs is 6. The highest BCUT2D eigenvalue weighted by atomic mass is 15.0. The van der Waals surface area contributed by atoms with E-state index in [-0.39, 0.29) is 0 Å². The molecule has 0 amide bonds. The zero-order valence-corrected chi connectivity index (χ0v) is 25.8. The Morgan fingerprint density at radius 2 is 0.792 bits per heavy atom. The van der Waals surface area contributed by atoms with Crippen molar-refractivity contribution >= 4 is 43.6 Å². The molecule has 2 heterocycles. The molecule has 48 heavy (non-hydrogen) atoms. The summed E-state index contributed by atoms with van der Waals surface area (Å²) in [6, 6.07) is 58.7. The minimum absolute atomic E-state index is 0.573. The lowest BCUT2D eigenvalue weighted by Crippen LogP contribution is -2.01. The van der Waals surface area contributed by atoms with Gasteiger partial charge in [0.05, 0.1) is 50.6 Å². The van der Waals surface area contributed by atoms with Crippen molar-refractivity contribution in [1.29, 1.82) is 10.5 Å². The largest absolute Gasteiger partial charge is 0.309 e. The summed E-state index contributed by atoms with van der Waals surface area (Å²) in [7, 11) is 0. The van der Waals surface area contributed by atoms with E-state index >= 15 is 0 Å². The molecule has 9 aromatic rings. The Morgan fingerprint density at radius 3 is 1.29 bits per heavy atom. The van der Waals surface area contributed by atoms with Crippen LogP contribution >= 0.6 is 0 Å². The van der Waals surface area contributed by atoms with Crippen LogP contribution in [-0.2, 0) is 0 Å². The molecular formula is C44H26N4. The van der Waals surface area contributed by atoms with Gasteiger partial charge in [0.1, 0.15) is 6.07 Å². The predicted molar refractivity (Wildman–Crippen MR) is 195 cm³/mol. The lowest BCUT2D eigenvalue weighted by molar-refractivity contribution is 1.17. The van der Waals surface area contributed by atoms with Crippen LogP contribution in [0.1, 0.15) is 11.1 Å². The molecule has 0 saturated heterocycles. The Morgan fingerprint density at radius 1 is 0.354 bits per heavy atom. The number of nitrogens with zero attached hydrogens (tertiary/aromatic N) is 4. The van der Waals surface area contributed by atoms with Gasteiger partial charge >= 0.3 is 0 Å². The predicted octanol–water partition coefficient (Wildman–Crippen LogP) is 11.0. The van der Waals surface area contributed by atoms with Gasteiger partial charge in [-0.15, -0.1) is 0 Å². The van der Waals surface area contributed by atoms with Crippen molar-refractivity contribution in [3.05, 3.63) is 169 Å². The van der Waals surface area contributed by atoms with E-state index in [4.69, 9.17) is 0 Å². The number of nitriles is 2. The molecule has 4 heteroatoms. The highest BCUT2D eigenvalue weighted by molar-refractivity contribution is 6.11. The Labute approximate surface area is 277 Å². The summed E-state index contributed by atoms with van der Waals surface area (Å²) in [6.07, 6.45) is 0. The summed E-state index contributed by atoms with van der Waals surface area (Å²) in [4.78, 5) is 0. The standard InChI is InChI=1S/C44H26N4/c45-27-29-24-25-44(48-41-21-9-5-16-35(41)36-17-6-10-22-42(36)48)37(26-29)31-13-2-1-12-30(31)32-18-11-23-43(38(32)28-46)47-39-19-7-3-14-33(39)34-15-4-8-20-40(34)47/h1-26H. The normalized spacial score (nSPS) is 11.3. The van der Waals surface area contributed by atoms with Crippen molar-refractivity contribution in [2.75, 3.05) is 0 Å². The maximum atomic E-state index is 10.9. The van der Waals surface area contributed by atoms with Crippen LogP contribution in [0, 0.1) is 22.7 Å². The van der Waals surface area contributed by atoms with Crippen LogP contribution in [0.4, 0.5) is 0 Å². The van der Waals surface area contributed by atoms with Gasteiger partial charge < -0.3 is 9.13 Å². The molecule has 2 aromatic heterocycles. The minimum Gasteiger partial charge on any atom is -0.309 e. The van der Waals surface area contributed by atoms with Crippen molar-refractivity contribution in [3.8, 4) is 45.8 Å². The van der Waals surface area contributed by atoms with Crippen LogP contribution in [0.5, 0.6) is 0 Å². The first-order valence-electron chi connectivity index (χ1n) is 15.9. The average Bonchev–Trinajstić information content (AvgIpc) is 3.67. The van der Waals surface area contributed by atoms with E-state index < -0.39 is 0 Å². The van der Waals surface area contributed by atoms with Crippen LogP contribution in [-0.4, -0.2) is 9.13 Å². The van der Waals surface area contributed by atoms with Gasteiger partial charge in [0.15, 0.2) is 0 Å². The van der Waals surface area contributed by atoms with Gasteiger partial charge in [0, 0.05) is 32.7 Å². The second-order valence-electron chi connectivity index (χ2n) is 11.9. The molecule has 0 unspecified atom stereocenters. The van der Waals surface area contributed by atoms with Crippen molar-refractivity contribution in [1.82, 2.24) is 9.13 Å². The van der Waals surface area contributed by atoms with Gasteiger partial charge in [0.25, 0.3) is 0 Å². The Bertz CT molecular complexity index is 2710. The van der Waals surface area contributed by atoms with E-state index in [2.05, 4.69) is 118 Å². The molecule has 0 spiro atoms. The number of benzene rings is 7. The maximum Gasteiger partial charge on any atom is 0.102 e. The highest BCUT2D eigenvalue weighted by Crippen LogP contribution is 2.42. The van der Waals surface area contributed by atoms with Crippen LogP contribution in [0.2, 0.25) is 0 Å². The fourth-order valence-electron chi connectivity index (χ4n) is 7.40. The third-order valence-corrected chi connectivity index (χ3v) is 9.43. The quantitative estimate of drug-likeness (QED) is 0.199. The van der Waals surface area contributed by atoms with Gasteiger partial charge in [-0.2, -0.15) is 10.5 Å². The molecule has 0 aliphatic heterocycles. The van der Waals surface area contributed by atoms with E-state index in [9.17, 15) is 10.5 Å². The minimum atomic E-state index is 0.573. The fourth-order valence-corrected chi connectivity index (χ4v) is 7.40. The lowest BCUT2D eigenvalue weighted by Gasteiger charge is -2.19. The van der Waals surface area contributed by atoms with Gasteiger partial charge in [-0.3, -0.25) is 0 Å². The first-order chi connectivity index (χ1) is 23.8. The van der Waals surface area contributed by atoms with Crippen molar-refractivity contribution < 1.29 is 0 Å². The third-order valence-electron chi connectivity index (χ3n) is 9.43. The molecule has 9 rings (SSSR count). The van der Waals surface area contributed by atoms with Crippen molar-refractivity contribution in [2.24, 2.45) is 0 Å². The molecule has 4 nitrogen and oxygen atoms in total. The zero-order valence-electron chi connectivity index (χ0n) is 25.8. The molecule has 0 radical (unpaired) electrons. The van der Waals surface area contributed by atoms with E-state index in [1.807, 2.05) is 60.7 Å². The fraction of sp³-hybridized carbons (Fsp3) is 0. The van der Waals surface area contributed by atoms with Gasteiger partial charge in [0.2, 0.25) is 0 Å². The van der Waals surface area contributed by atoms with E-state index in [0.29, 0.717) is 11.1 Å². The second kappa shape index (κ2) is 10.9. The molecule has 0 fully saturated rings. The van der Waals surface area contributed by atoms with Gasteiger partial charge in [-0.25, -0.2) is 0 Å². The number of aromatic nitrogens is 2. The summed E-state index contributed by atoms with van der Waals surface area (Å²) >= 11 is 0. The third kappa shape index (κ3) is 4.01. The molecule has 0 aliphatic rings. The maximum absolute atomic E-state index is 10.9. The summed E-state index contributed by atoms with van der Waals surface area (Å²) in [5.41, 5.74) is 10.9. The average molecular weight is 611 g/mol. The molecule has 222 valence electrons.